The topological polar surface area (TPSA) is 37.3 Å². The van der Waals surface area contributed by atoms with Crippen LogP contribution in [0.2, 0.25) is 0 Å². The summed E-state index contributed by atoms with van der Waals surface area (Å²) in [4.78, 5) is 13.5. The molecule has 1 aromatic rings. The van der Waals surface area contributed by atoms with Gasteiger partial charge in [0.05, 0.1) is 31.0 Å². The van der Waals surface area contributed by atoms with Crippen molar-refractivity contribution in [2.24, 2.45) is 0 Å². The lowest BCUT2D eigenvalue weighted by atomic mass is 10.2. The third-order valence-electron chi connectivity index (χ3n) is 3.71. The third kappa shape index (κ3) is 5.38. The van der Waals surface area contributed by atoms with Gasteiger partial charge < -0.3 is 5.11 Å². The normalized spacial score (nSPS) is 18.6. The van der Waals surface area contributed by atoms with E-state index < -0.39 is 5.97 Å². The number of fused-ring (bicyclic) bond motifs is 1. The first-order valence-corrected chi connectivity index (χ1v) is 15.9. The molecule has 1 aromatic carbocycles. The Bertz CT molecular complexity index is 912. The zero-order valence-corrected chi connectivity index (χ0v) is 22.2. The van der Waals surface area contributed by atoms with Gasteiger partial charge in [-0.2, -0.15) is 0 Å². The number of aromatic carboxylic acids is 1. The van der Waals surface area contributed by atoms with E-state index in [2.05, 4.69) is 13.8 Å². The molecule has 3 aliphatic rings. The summed E-state index contributed by atoms with van der Waals surface area (Å²) < 4.78 is 8.34. The molecule has 0 aliphatic carbocycles. The Balaban J connectivity index is 1.49. The van der Waals surface area contributed by atoms with Crippen molar-refractivity contribution < 1.29 is 9.90 Å². The first-order chi connectivity index (χ1) is 14.1. The summed E-state index contributed by atoms with van der Waals surface area (Å²) in [7, 11) is 0. The van der Waals surface area contributed by atoms with Crippen LogP contribution < -0.4 is 0 Å². The molecule has 0 aromatic heterocycles. The minimum absolute atomic E-state index is 0.358. The maximum atomic E-state index is 11.3. The van der Waals surface area contributed by atoms with E-state index in [9.17, 15) is 9.90 Å². The van der Waals surface area contributed by atoms with Gasteiger partial charge in [-0.05, 0) is 42.5 Å². The lowest BCUT2D eigenvalue weighted by molar-refractivity contribution is 0.0696. The van der Waals surface area contributed by atoms with Gasteiger partial charge in [0.2, 0.25) is 0 Å². The van der Waals surface area contributed by atoms with Crippen LogP contribution in [0.4, 0.5) is 0 Å². The second kappa shape index (κ2) is 10.6. The fourth-order valence-corrected chi connectivity index (χ4v) is 14.2. The highest BCUT2D eigenvalue weighted by molar-refractivity contribution is 8.45. The van der Waals surface area contributed by atoms with E-state index in [1.54, 1.807) is 35.7 Å². The van der Waals surface area contributed by atoms with Gasteiger partial charge in [-0.1, -0.05) is 84.4 Å². The van der Waals surface area contributed by atoms with Gasteiger partial charge in [0, 0.05) is 9.79 Å². The highest BCUT2D eigenvalue weighted by Crippen LogP contribution is 2.69. The smallest absolute Gasteiger partial charge is 0.335 e. The summed E-state index contributed by atoms with van der Waals surface area (Å²) in [5, 5.41) is 9.27. The van der Waals surface area contributed by atoms with Gasteiger partial charge in [-0.15, -0.1) is 23.5 Å². The maximum Gasteiger partial charge on any atom is 0.335 e. The first kappa shape index (κ1) is 22.9. The van der Waals surface area contributed by atoms with Gasteiger partial charge in [0.25, 0.3) is 0 Å². The van der Waals surface area contributed by atoms with Gasteiger partial charge in [0.15, 0.2) is 0 Å². The van der Waals surface area contributed by atoms with Crippen LogP contribution in [0.5, 0.6) is 0 Å². The minimum atomic E-state index is -0.867. The Morgan fingerprint density at radius 2 is 1.31 bits per heavy atom. The quantitative estimate of drug-likeness (QED) is 0.366. The standard InChI is InChI=1S/C19H18O2S8/c1-3-7-22-14-15(23-8-4-2)27-18(26-14)19-28-16-17(29-19)25-12-9-10(13(20)21)5-6-11(12)24-16/h5-6,9H,3-4,7-8H2,1-2H3,(H,20,21). The molecule has 0 unspecified atom stereocenters. The monoisotopic (exact) mass is 534 g/mol. The van der Waals surface area contributed by atoms with Crippen molar-refractivity contribution in [2.75, 3.05) is 11.5 Å². The number of thioether (sulfide) groups is 8. The molecule has 0 fully saturated rings. The number of carboxylic acids is 1. The molecule has 0 atom stereocenters. The summed E-state index contributed by atoms with van der Waals surface area (Å²) in [5.41, 5.74) is 0.358. The van der Waals surface area contributed by atoms with E-state index in [0.717, 1.165) is 9.79 Å². The molecule has 1 N–H and O–H groups in total. The summed E-state index contributed by atoms with van der Waals surface area (Å²) in [6.45, 7) is 4.47. The summed E-state index contributed by atoms with van der Waals surface area (Å²) >= 11 is 15.1. The number of carbonyl (C=O) groups is 1. The van der Waals surface area contributed by atoms with Crippen molar-refractivity contribution in [3.63, 3.8) is 0 Å². The molecule has 0 amide bonds. The molecule has 0 radical (unpaired) electrons. The molecule has 3 heterocycles. The SMILES string of the molecule is CCCSC1=C(SCCC)SC(=C2SC3=C(S2)Sc2cc(C(=O)O)ccc2S3)S1. The number of rotatable bonds is 7. The summed E-state index contributed by atoms with van der Waals surface area (Å²) in [6, 6.07) is 5.44. The molecule has 0 saturated carbocycles. The van der Waals surface area contributed by atoms with E-state index in [-0.39, 0.29) is 0 Å². The van der Waals surface area contributed by atoms with Crippen LogP contribution in [0, 0.1) is 0 Å². The van der Waals surface area contributed by atoms with Crippen LogP contribution in [-0.2, 0) is 0 Å². The zero-order valence-electron chi connectivity index (χ0n) is 15.7. The second-order valence-corrected chi connectivity index (χ2v) is 15.9. The highest BCUT2D eigenvalue weighted by Gasteiger charge is 2.33. The van der Waals surface area contributed by atoms with Crippen molar-refractivity contribution in [1.82, 2.24) is 0 Å². The third-order valence-corrected chi connectivity index (χ3v) is 15.8. The second-order valence-electron chi connectivity index (χ2n) is 6.00. The van der Waals surface area contributed by atoms with Gasteiger partial charge in [-0.3, -0.25) is 0 Å². The fraction of sp³-hybridized carbons (Fsp3) is 0.316. The molecule has 154 valence electrons. The predicted octanol–water partition coefficient (Wildman–Crippen LogP) is 9.21. The number of benzene rings is 1. The average molecular weight is 535 g/mol. The van der Waals surface area contributed by atoms with Crippen molar-refractivity contribution in [3.8, 4) is 0 Å². The molecule has 10 heteroatoms. The average Bonchev–Trinajstić information content (AvgIpc) is 3.31. The Hall–Kier alpha value is 0.710. The van der Waals surface area contributed by atoms with E-state index in [4.69, 9.17) is 0 Å². The van der Waals surface area contributed by atoms with Crippen LogP contribution in [0.1, 0.15) is 37.0 Å². The predicted molar refractivity (Wildman–Crippen MR) is 142 cm³/mol. The van der Waals surface area contributed by atoms with Crippen molar-refractivity contribution >= 4 is 100 Å². The fourth-order valence-electron chi connectivity index (χ4n) is 2.41. The van der Waals surface area contributed by atoms with Crippen LogP contribution in [-0.4, -0.2) is 22.6 Å². The largest absolute Gasteiger partial charge is 0.478 e. The molecule has 29 heavy (non-hydrogen) atoms. The Morgan fingerprint density at radius 1 is 0.793 bits per heavy atom. The minimum Gasteiger partial charge on any atom is -0.478 e. The van der Waals surface area contributed by atoms with E-state index in [0.29, 0.717) is 5.56 Å². The maximum absolute atomic E-state index is 11.3. The van der Waals surface area contributed by atoms with E-state index in [1.807, 2.05) is 76.6 Å². The van der Waals surface area contributed by atoms with Gasteiger partial charge >= 0.3 is 5.97 Å². The van der Waals surface area contributed by atoms with Crippen LogP contribution in [0.15, 0.2) is 53.4 Å². The molecule has 0 bridgehead atoms. The molecule has 4 rings (SSSR count). The van der Waals surface area contributed by atoms with Crippen molar-refractivity contribution in [2.45, 2.75) is 36.5 Å². The van der Waals surface area contributed by atoms with Crippen molar-refractivity contribution in [3.05, 3.63) is 49.2 Å². The molecule has 0 saturated heterocycles. The van der Waals surface area contributed by atoms with Crippen LogP contribution in [0.25, 0.3) is 0 Å². The lowest BCUT2D eigenvalue weighted by Crippen LogP contribution is -1.97. The van der Waals surface area contributed by atoms with Gasteiger partial charge in [-0.25, -0.2) is 4.79 Å². The summed E-state index contributed by atoms with van der Waals surface area (Å²) in [5.74, 6) is 1.47. The van der Waals surface area contributed by atoms with E-state index >= 15 is 0 Å². The molecule has 0 spiro atoms. The molecule has 2 nitrogen and oxygen atoms in total. The van der Waals surface area contributed by atoms with Crippen molar-refractivity contribution in [1.29, 1.82) is 0 Å². The zero-order chi connectivity index (χ0) is 20.4. The number of carboxylic acid groups (broad SMARTS) is 1. The van der Waals surface area contributed by atoms with Crippen LogP contribution >= 0.6 is 94.1 Å². The Labute approximate surface area is 205 Å². The Kier molecular flexibility index (Phi) is 8.33. The van der Waals surface area contributed by atoms with Gasteiger partial charge in [0.1, 0.15) is 0 Å². The van der Waals surface area contributed by atoms with E-state index in [1.165, 1.54) is 49.8 Å². The Morgan fingerprint density at radius 3 is 1.86 bits per heavy atom. The number of hydrogen-bond donors (Lipinski definition) is 1. The summed E-state index contributed by atoms with van der Waals surface area (Å²) in [6.07, 6.45) is 2.39. The highest BCUT2D eigenvalue weighted by atomic mass is 32.3. The van der Waals surface area contributed by atoms with Crippen LogP contribution in [0.3, 0.4) is 0 Å². The molecular formula is C19H18O2S8. The molecule has 3 aliphatic heterocycles. The number of hydrogen-bond acceptors (Lipinski definition) is 9. The lowest BCUT2D eigenvalue weighted by Gasteiger charge is -2.15. The first-order valence-electron chi connectivity index (χ1n) is 9.02. The molecular weight excluding hydrogens is 517 g/mol.